The molecule has 0 radical (unpaired) electrons. The molecule has 0 aliphatic rings. The summed E-state index contributed by atoms with van der Waals surface area (Å²) in [5.41, 5.74) is 2.78. The Balaban J connectivity index is 2.40. The Bertz CT molecular complexity index is 598. The van der Waals surface area contributed by atoms with Crippen molar-refractivity contribution in [3.8, 4) is 0 Å². The fourth-order valence-electron chi connectivity index (χ4n) is 2.34. The molecular weight excluding hydrogens is 258 g/mol. The third-order valence-corrected chi connectivity index (χ3v) is 3.50. The number of hydrogen-bond donors (Lipinski definition) is 0. The van der Waals surface area contributed by atoms with Crippen LogP contribution in [-0.2, 0) is 0 Å². The van der Waals surface area contributed by atoms with Crippen molar-refractivity contribution in [2.24, 2.45) is 0 Å². The van der Waals surface area contributed by atoms with Crippen LogP contribution in [0.25, 0.3) is 5.70 Å². The van der Waals surface area contributed by atoms with Crippen molar-refractivity contribution in [3.63, 3.8) is 0 Å². The van der Waals surface area contributed by atoms with Crippen LogP contribution in [0, 0.1) is 0 Å². The fourth-order valence-corrected chi connectivity index (χ4v) is 2.34. The second-order valence-electron chi connectivity index (χ2n) is 4.80. The monoisotopic (exact) mass is 279 g/mol. The Labute approximate surface area is 126 Å². The van der Waals surface area contributed by atoms with Gasteiger partial charge < -0.3 is 4.90 Å². The van der Waals surface area contributed by atoms with E-state index in [9.17, 15) is 4.79 Å². The zero-order valence-corrected chi connectivity index (χ0v) is 12.6. The summed E-state index contributed by atoms with van der Waals surface area (Å²) in [4.78, 5) is 14.7. The van der Waals surface area contributed by atoms with Crippen LogP contribution in [0.15, 0.2) is 66.7 Å². The molecule has 0 atom stereocenters. The predicted molar refractivity (Wildman–Crippen MR) is 88.1 cm³/mol. The lowest BCUT2D eigenvalue weighted by molar-refractivity contribution is 0.104. The van der Waals surface area contributed by atoms with Gasteiger partial charge in [0.15, 0.2) is 5.78 Å². The molecule has 21 heavy (non-hydrogen) atoms. The normalized spacial score (nSPS) is 11.2. The average molecular weight is 279 g/mol. The van der Waals surface area contributed by atoms with Crippen LogP contribution in [0.4, 0.5) is 0 Å². The first-order chi connectivity index (χ1) is 10.3. The van der Waals surface area contributed by atoms with Crippen LogP contribution in [0.5, 0.6) is 0 Å². The van der Waals surface area contributed by atoms with Gasteiger partial charge in [-0.15, -0.1) is 0 Å². The predicted octanol–water partition coefficient (Wildman–Crippen LogP) is 4.25. The highest BCUT2D eigenvalue weighted by Gasteiger charge is 2.11. The number of carbonyl (C=O) groups is 1. The molecular formula is C19H21NO. The highest BCUT2D eigenvalue weighted by atomic mass is 16.1. The third kappa shape index (κ3) is 3.82. The summed E-state index contributed by atoms with van der Waals surface area (Å²) >= 11 is 0. The fraction of sp³-hybridized carbons (Fsp3) is 0.211. The minimum absolute atomic E-state index is 0.0429. The molecule has 0 amide bonds. The molecule has 0 aromatic heterocycles. The zero-order chi connectivity index (χ0) is 15.1. The van der Waals surface area contributed by atoms with Gasteiger partial charge in [0, 0.05) is 30.4 Å². The molecule has 0 aliphatic carbocycles. The molecule has 2 heteroatoms. The second kappa shape index (κ2) is 7.44. The number of carbonyl (C=O) groups excluding carboxylic acids is 1. The summed E-state index contributed by atoms with van der Waals surface area (Å²) in [7, 11) is 0. The van der Waals surface area contributed by atoms with Crippen LogP contribution in [0.2, 0.25) is 0 Å². The van der Waals surface area contributed by atoms with E-state index in [1.807, 2.05) is 60.7 Å². The lowest BCUT2D eigenvalue weighted by Gasteiger charge is -2.24. The van der Waals surface area contributed by atoms with Gasteiger partial charge in [-0.05, 0) is 19.4 Å². The minimum Gasteiger partial charge on any atom is -0.371 e. The molecule has 2 nitrogen and oxygen atoms in total. The van der Waals surface area contributed by atoms with Gasteiger partial charge in [-0.3, -0.25) is 4.79 Å². The maximum absolute atomic E-state index is 12.5. The molecule has 0 saturated heterocycles. The summed E-state index contributed by atoms with van der Waals surface area (Å²) in [5, 5.41) is 0. The Morgan fingerprint density at radius 1 is 0.857 bits per heavy atom. The largest absolute Gasteiger partial charge is 0.371 e. The van der Waals surface area contributed by atoms with Crippen molar-refractivity contribution < 1.29 is 4.79 Å². The van der Waals surface area contributed by atoms with E-state index in [1.54, 1.807) is 6.08 Å². The standard InChI is InChI=1S/C19H21NO/c1-3-20(4-2)18(16-11-7-5-8-12-16)15-19(21)17-13-9-6-10-14-17/h5-15H,3-4H2,1-2H3. The Kier molecular flexibility index (Phi) is 5.33. The van der Waals surface area contributed by atoms with Gasteiger partial charge >= 0.3 is 0 Å². The summed E-state index contributed by atoms with van der Waals surface area (Å²) in [5.74, 6) is 0.0429. The molecule has 0 heterocycles. The SMILES string of the molecule is CCN(CC)C(=CC(=O)c1ccccc1)c1ccccc1. The number of nitrogens with zero attached hydrogens (tertiary/aromatic N) is 1. The molecule has 2 aromatic carbocycles. The molecule has 0 aliphatic heterocycles. The molecule has 2 rings (SSSR count). The lowest BCUT2D eigenvalue weighted by atomic mass is 10.1. The van der Waals surface area contributed by atoms with Gasteiger partial charge in [0.2, 0.25) is 0 Å². The van der Waals surface area contributed by atoms with Crippen molar-refractivity contribution in [2.75, 3.05) is 13.1 Å². The first-order valence-electron chi connectivity index (χ1n) is 7.37. The average Bonchev–Trinajstić information content (AvgIpc) is 2.56. The molecule has 2 aromatic rings. The van der Waals surface area contributed by atoms with Crippen LogP contribution in [0.3, 0.4) is 0 Å². The van der Waals surface area contributed by atoms with Gasteiger partial charge in [-0.2, -0.15) is 0 Å². The van der Waals surface area contributed by atoms with Crippen molar-refractivity contribution in [1.82, 2.24) is 4.90 Å². The van der Waals surface area contributed by atoms with Crippen LogP contribution < -0.4 is 0 Å². The maximum atomic E-state index is 12.5. The molecule has 0 spiro atoms. The number of rotatable bonds is 6. The van der Waals surface area contributed by atoms with E-state index in [1.165, 1.54) is 0 Å². The van der Waals surface area contributed by atoms with E-state index in [0.717, 1.165) is 29.9 Å². The highest BCUT2D eigenvalue weighted by Crippen LogP contribution is 2.20. The van der Waals surface area contributed by atoms with Crippen LogP contribution in [0.1, 0.15) is 29.8 Å². The van der Waals surface area contributed by atoms with Gasteiger partial charge in [-0.1, -0.05) is 60.7 Å². The Morgan fingerprint density at radius 2 is 1.33 bits per heavy atom. The van der Waals surface area contributed by atoms with E-state index in [4.69, 9.17) is 0 Å². The Hall–Kier alpha value is -2.35. The van der Waals surface area contributed by atoms with Crippen LogP contribution in [-0.4, -0.2) is 23.8 Å². The molecule has 0 unspecified atom stereocenters. The van der Waals surface area contributed by atoms with E-state index in [0.29, 0.717) is 0 Å². The molecule has 0 bridgehead atoms. The minimum atomic E-state index is 0.0429. The Morgan fingerprint density at radius 3 is 1.81 bits per heavy atom. The van der Waals surface area contributed by atoms with E-state index >= 15 is 0 Å². The van der Waals surface area contributed by atoms with Gasteiger partial charge in [0.25, 0.3) is 0 Å². The smallest absolute Gasteiger partial charge is 0.187 e. The molecule has 0 N–H and O–H groups in total. The summed E-state index contributed by atoms with van der Waals surface area (Å²) in [6.07, 6.45) is 1.75. The highest BCUT2D eigenvalue weighted by molar-refractivity contribution is 6.08. The molecule has 0 saturated carbocycles. The first-order valence-corrected chi connectivity index (χ1v) is 7.37. The second-order valence-corrected chi connectivity index (χ2v) is 4.80. The van der Waals surface area contributed by atoms with Crippen molar-refractivity contribution in [2.45, 2.75) is 13.8 Å². The number of benzene rings is 2. The van der Waals surface area contributed by atoms with E-state index in [2.05, 4.69) is 18.7 Å². The maximum Gasteiger partial charge on any atom is 0.187 e. The van der Waals surface area contributed by atoms with Crippen molar-refractivity contribution >= 4 is 11.5 Å². The van der Waals surface area contributed by atoms with Crippen LogP contribution >= 0.6 is 0 Å². The summed E-state index contributed by atoms with van der Waals surface area (Å²) < 4.78 is 0. The van der Waals surface area contributed by atoms with E-state index < -0.39 is 0 Å². The summed E-state index contributed by atoms with van der Waals surface area (Å²) in [6.45, 7) is 5.96. The zero-order valence-electron chi connectivity index (χ0n) is 12.6. The van der Waals surface area contributed by atoms with E-state index in [-0.39, 0.29) is 5.78 Å². The quantitative estimate of drug-likeness (QED) is 0.582. The number of allylic oxidation sites excluding steroid dienone is 1. The lowest BCUT2D eigenvalue weighted by Crippen LogP contribution is -2.22. The van der Waals surface area contributed by atoms with Crippen molar-refractivity contribution in [1.29, 1.82) is 0 Å². The first kappa shape index (κ1) is 15.0. The topological polar surface area (TPSA) is 20.3 Å². The molecule has 108 valence electrons. The third-order valence-electron chi connectivity index (χ3n) is 3.50. The molecule has 0 fully saturated rings. The van der Waals surface area contributed by atoms with Gasteiger partial charge in [0.05, 0.1) is 0 Å². The van der Waals surface area contributed by atoms with Crippen molar-refractivity contribution in [3.05, 3.63) is 77.9 Å². The number of hydrogen-bond acceptors (Lipinski definition) is 2. The summed E-state index contributed by atoms with van der Waals surface area (Å²) in [6, 6.07) is 19.5. The van der Waals surface area contributed by atoms with Gasteiger partial charge in [0.1, 0.15) is 0 Å². The van der Waals surface area contributed by atoms with Gasteiger partial charge in [-0.25, -0.2) is 0 Å². The number of ketones is 1.